The highest BCUT2D eigenvalue weighted by atomic mass is 15.0. The van der Waals surface area contributed by atoms with E-state index in [1.807, 2.05) is 0 Å². The van der Waals surface area contributed by atoms with Crippen LogP contribution in [0.15, 0.2) is 170 Å². The van der Waals surface area contributed by atoms with E-state index in [2.05, 4.69) is 193 Å². The molecule has 2 heteroatoms. The molecule has 0 aliphatic heterocycles. The zero-order valence-electron chi connectivity index (χ0n) is 28.6. The summed E-state index contributed by atoms with van der Waals surface area (Å²) >= 11 is 0. The molecule has 1 aliphatic rings. The van der Waals surface area contributed by atoms with Crippen LogP contribution in [-0.2, 0) is 5.41 Å². The van der Waals surface area contributed by atoms with Crippen LogP contribution in [0, 0.1) is 0 Å². The van der Waals surface area contributed by atoms with Crippen molar-refractivity contribution in [3.05, 3.63) is 181 Å². The Labute approximate surface area is 296 Å². The number of benzene rings is 8. The van der Waals surface area contributed by atoms with Gasteiger partial charge in [-0.05, 0) is 98.8 Å². The molecule has 2 heterocycles. The van der Waals surface area contributed by atoms with E-state index in [9.17, 15) is 0 Å². The van der Waals surface area contributed by atoms with E-state index in [-0.39, 0.29) is 5.41 Å². The van der Waals surface area contributed by atoms with Crippen LogP contribution in [0.4, 0.5) is 0 Å². The predicted molar refractivity (Wildman–Crippen MR) is 216 cm³/mol. The number of fused-ring (bicyclic) bond motifs is 11. The molecular formula is C49H34N2. The van der Waals surface area contributed by atoms with E-state index in [0.29, 0.717) is 0 Å². The first-order valence-corrected chi connectivity index (χ1v) is 17.9. The summed E-state index contributed by atoms with van der Waals surface area (Å²) in [5, 5.41) is 7.59. The Hall–Kier alpha value is -6.38. The van der Waals surface area contributed by atoms with Gasteiger partial charge < -0.3 is 9.13 Å². The monoisotopic (exact) mass is 650 g/mol. The first kappa shape index (κ1) is 28.5. The van der Waals surface area contributed by atoms with E-state index in [4.69, 9.17) is 0 Å². The average Bonchev–Trinajstić information content (AvgIpc) is 3.77. The Morgan fingerprint density at radius 3 is 1.94 bits per heavy atom. The van der Waals surface area contributed by atoms with Crippen molar-refractivity contribution in [3.63, 3.8) is 0 Å². The van der Waals surface area contributed by atoms with Crippen molar-refractivity contribution in [1.82, 2.24) is 9.13 Å². The van der Waals surface area contributed by atoms with Crippen LogP contribution < -0.4 is 0 Å². The molecule has 8 aromatic carbocycles. The molecule has 0 fully saturated rings. The number of hydrogen-bond donors (Lipinski definition) is 0. The summed E-state index contributed by atoms with van der Waals surface area (Å²) in [5.74, 6) is 0. The van der Waals surface area contributed by atoms with Crippen LogP contribution in [0.25, 0.3) is 88.0 Å². The maximum absolute atomic E-state index is 2.49. The minimum absolute atomic E-state index is 0.00693. The van der Waals surface area contributed by atoms with Crippen LogP contribution in [0.1, 0.15) is 25.0 Å². The second-order valence-corrected chi connectivity index (χ2v) is 14.6. The zero-order chi connectivity index (χ0) is 33.8. The molecule has 0 spiro atoms. The second-order valence-electron chi connectivity index (χ2n) is 14.6. The van der Waals surface area contributed by atoms with Crippen LogP contribution in [0.5, 0.6) is 0 Å². The number of hydrogen-bond acceptors (Lipinski definition) is 0. The normalized spacial score (nSPS) is 13.5. The standard InChI is InChI=1S/C49H34N2/c1-49(2)42-21-10-8-19-37(42)39-28-33(23-25-43(39)49)32-14-12-17-35(27-32)51-45-26-24-31-13-6-7-18-36(31)48(45)41-30-46-40(29-47(41)51)38-20-9-11-22-44(38)50(46)34-15-4-3-5-16-34/h3-30H,1-2H3. The van der Waals surface area contributed by atoms with Crippen molar-refractivity contribution in [2.75, 3.05) is 0 Å². The van der Waals surface area contributed by atoms with Crippen molar-refractivity contribution in [2.45, 2.75) is 19.3 Å². The molecule has 1 aliphatic carbocycles. The van der Waals surface area contributed by atoms with Gasteiger partial charge in [0.05, 0.1) is 22.1 Å². The van der Waals surface area contributed by atoms with E-state index in [0.717, 1.165) is 5.69 Å². The van der Waals surface area contributed by atoms with Crippen LogP contribution in [-0.4, -0.2) is 9.13 Å². The zero-order valence-corrected chi connectivity index (χ0v) is 28.6. The van der Waals surface area contributed by atoms with Gasteiger partial charge in [0.25, 0.3) is 0 Å². The molecule has 0 unspecified atom stereocenters. The Kier molecular flexibility index (Phi) is 5.76. The van der Waals surface area contributed by atoms with E-state index < -0.39 is 0 Å². The third-order valence-corrected chi connectivity index (χ3v) is 11.5. The van der Waals surface area contributed by atoms with Crippen molar-refractivity contribution < 1.29 is 0 Å². The molecule has 0 saturated carbocycles. The summed E-state index contributed by atoms with van der Waals surface area (Å²) in [5.41, 5.74) is 15.2. The van der Waals surface area contributed by atoms with Crippen LogP contribution >= 0.6 is 0 Å². The molecule has 0 atom stereocenters. The van der Waals surface area contributed by atoms with Gasteiger partial charge in [0.15, 0.2) is 0 Å². The Morgan fingerprint density at radius 2 is 1.04 bits per heavy atom. The fourth-order valence-corrected chi connectivity index (χ4v) is 9.11. The maximum Gasteiger partial charge on any atom is 0.0549 e. The molecule has 11 rings (SSSR count). The average molecular weight is 651 g/mol. The van der Waals surface area contributed by atoms with Crippen molar-refractivity contribution >= 4 is 54.4 Å². The molecule has 0 radical (unpaired) electrons. The first-order chi connectivity index (χ1) is 25.1. The lowest BCUT2D eigenvalue weighted by molar-refractivity contribution is 0.660. The fourth-order valence-electron chi connectivity index (χ4n) is 9.11. The third-order valence-electron chi connectivity index (χ3n) is 11.5. The van der Waals surface area contributed by atoms with Gasteiger partial charge >= 0.3 is 0 Å². The van der Waals surface area contributed by atoms with E-state index in [1.165, 1.54) is 93.5 Å². The van der Waals surface area contributed by atoms with Gasteiger partial charge in [-0.25, -0.2) is 0 Å². The van der Waals surface area contributed by atoms with E-state index >= 15 is 0 Å². The molecule has 240 valence electrons. The van der Waals surface area contributed by atoms with Gasteiger partial charge in [-0.1, -0.05) is 129 Å². The summed E-state index contributed by atoms with van der Waals surface area (Å²) in [7, 11) is 0. The Balaban J connectivity index is 1.20. The van der Waals surface area contributed by atoms with Gasteiger partial charge in [-0.15, -0.1) is 0 Å². The van der Waals surface area contributed by atoms with Crippen LogP contribution in [0.3, 0.4) is 0 Å². The predicted octanol–water partition coefficient (Wildman–Crippen LogP) is 13.0. The van der Waals surface area contributed by atoms with Gasteiger partial charge in [0.2, 0.25) is 0 Å². The lowest BCUT2D eigenvalue weighted by Crippen LogP contribution is -2.14. The molecular weight excluding hydrogens is 617 g/mol. The first-order valence-electron chi connectivity index (χ1n) is 17.9. The van der Waals surface area contributed by atoms with Crippen molar-refractivity contribution in [3.8, 4) is 33.6 Å². The molecule has 0 N–H and O–H groups in total. The van der Waals surface area contributed by atoms with Gasteiger partial charge in [-0.3, -0.25) is 0 Å². The quantitative estimate of drug-likeness (QED) is 0.180. The number of aromatic nitrogens is 2. The van der Waals surface area contributed by atoms with Gasteiger partial charge in [-0.2, -0.15) is 0 Å². The third kappa shape index (κ3) is 3.93. The summed E-state index contributed by atoms with van der Waals surface area (Å²) in [6.07, 6.45) is 0. The minimum atomic E-state index is -0.00693. The highest BCUT2D eigenvalue weighted by Crippen LogP contribution is 2.50. The smallest absolute Gasteiger partial charge is 0.0549 e. The van der Waals surface area contributed by atoms with E-state index in [1.54, 1.807) is 0 Å². The number of para-hydroxylation sites is 2. The Morgan fingerprint density at radius 1 is 0.373 bits per heavy atom. The van der Waals surface area contributed by atoms with Crippen LogP contribution in [0.2, 0.25) is 0 Å². The molecule has 51 heavy (non-hydrogen) atoms. The number of nitrogens with zero attached hydrogens (tertiary/aromatic N) is 2. The molecule has 2 aromatic heterocycles. The van der Waals surface area contributed by atoms with Crippen molar-refractivity contribution in [1.29, 1.82) is 0 Å². The summed E-state index contributed by atoms with van der Waals surface area (Å²) in [6.45, 7) is 4.69. The maximum atomic E-state index is 2.49. The summed E-state index contributed by atoms with van der Waals surface area (Å²) in [4.78, 5) is 0. The molecule has 0 bridgehead atoms. The minimum Gasteiger partial charge on any atom is -0.309 e. The highest BCUT2D eigenvalue weighted by Gasteiger charge is 2.35. The molecule has 0 saturated heterocycles. The van der Waals surface area contributed by atoms with Gasteiger partial charge in [0.1, 0.15) is 0 Å². The number of rotatable bonds is 3. The topological polar surface area (TPSA) is 9.86 Å². The fraction of sp³-hybridized carbons (Fsp3) is 0.0612. The molecule has 2 nitrogen and oxygen atoms in total. The summed E-state index contributed by atoms with van der Waals surface area (Å²) < 4.78 is 4.91. The summed E-state index contributed by atoms with van der Waals surface area (Å²) in [6, 6.07) is 62.9. The SMILES string of the molecule is CC1(C)c2ccccc2-c2cc(-c3cccc(-n4c5cc6c7ccccc7n(-c7ccccc7)c6cc5c5c6ccccc6ccc54)c3)ccc21. The Bertz CT molecular complexity index is 3040. The van der Waals surface area contributed by atoms with Crippen molar-refractivity contribution in [2.24, 2.45) is 0 Å². The molecule has 10 aromatic rings. The lowest BCUT2D eigenvalue weighted by Gasteiger charge is -2.21. The van der Waals surface area contributed by atoms with Gasteiger partial charge in [0, 0.05) is 38.3 Å². The molecule has 0 amide bonds. The second kappa shape index (κ2) is 10.3. The largest absolute Gasteiger partial charge is 0.309 e. The highest BCUT2D eigenvalue weighted by molar-refractivity contribution is 6.25. The lowest BCUT2D eigenvalue weighted by atomic mass is 9.82.